The highest BCUT2D eigenvalue weighted by atomic mass is 32.2. The van der Waals surface area contributed by atoms with Crippen molar-refractivity contribution in [2.75, 3.05) is 44.2 Å². The van der Waals surface area contributed by atoms with Crippen LogP contribution in [-0.2, 0) is 10.0 Å². The first-order valence-electron chi connectivity index (χ1n) is 7.24. The van der Waals surface area contributed by atoms with Crippen LogP contribution in [0.2, 0.25) is 0 Å². The molecule has 0 bridgehead atoms. The average molecular weight is 295 g/mol. The predicted molar refractivity (Wildman–Crippen MR) is 79.5 cm³/mol. The molecule has 0 aliphatic carbocycles. The Morgan fingerprint density at radius 3 is 2.10 bits per heavy atom. The van der Waals surface area contributed by atoms with Gasteiger partial charge in [-0.2, -0.15) is 4.31 Å². The average Bonchev–Trinajstić information content (AvgIpc) is 3.02. The van der Waals surface area contributed by atoms with E-state index in [0.29, 0.717) is 18.0 Å². The highest BCUT2D eigenvalue weighted by Crippen LogP contribution is 2.23. The summed E-state index contributed by atoms with van der Waals surface area (Å²) in [6.45, 7) is 4.70. The fourth-order valence-electron chi connectivity index (χ4n) is 2.84. The summed E-state index contributed by atoms with van der Waals surface area (Å²) in [5, 5.41) is 3.17. The molecular weight excluding hydrogens is 274 g/mol. The number of nitrogens with one attached hydrogen (secondary N) is 1. The summed E-state index contributed by atoms with van der Waals surface area (Å²) >= 11 is 0. The molecule has 6 heteroatoms. The molecule has 2 fully saturated rings. The van der Waals surface area contributed by atoms with Crippen molar-refractivity contribution in [3.63, 3.8) is 0 Å². The van der Waals surface area contributed by atoms with E-state index in [-0.39, 0.29) is 0 Å². The molecule has 2 heterocycles. The molecule has 5 nitrogen and oxygen atoms in total. The van der Waals surface area contributed by atoms with Gasteiger partial charge in [0.25, 0.3) is 0 Å². The van der Waals surface area contributed by atoms with E-state index in [1.165, 1.54) is 12.8 Å². The van der Waals surface area contributed by atoms with Crippen LogP contribution in [0.1, 0.15) is 12.8 Å². The maximum Gasteiger partial charge on any atom is 0.243 e. The predicted octanol–water partition coefficient (Wildman–Crippen LogP) is 0.881. The van der Waals surface area contributed by atoms with Gasteiger partial charge in [-0.15, -0.1) is 0 Å². The summed E-state index contributed by atoms with van der Waals surface area (Å²) in [5.74, 6) is 0. The lowest BCUT2D eigenvalue weighted by Gasteiger charge is -2.27. The van der Waals surface area contributed by atoms with Crippen LogP contribution in [0.3, 0.4) is 0 Å². The largest absolute Gasteiger partial charge is 0.372 e. The second kappa shape index (κ2) is 5.71. The van der Waals surface area contributed by atoms with Crippen molar-refractivity contribution in [2.45, 2.75) is 17.7 Å². The molecule has 110 valence electrons. The van der Waals surface area contributed by atoms with Crippen molar-refractivity contribution in [1.82, 2.24) is 9.62 Å². The smallest absolute Gasteiger partial charge is 0.243 e. The Hall–Kier alpha value is -1.11. The summed E-state index contributed by atoms with van der Waals surface area (Å²) in [6, 6.07) is 7.34. The molecule has 0 amide bonds. The number of nitrogens with zero attached hydrogens (tertiary/aromatic N) is 2. The first-order chi connectivity index (χ1) is 9.68. The molecule has 0 radical (unpaired) electrons. The first-order valence-corrected chi connectivity index (χ1v) is 8.68. The third-order valence-electron chi connectivity index (χ3n) is 4.02. The van der Waals surface area contributed by atoms with Gasteiger partial charge < -0.3 is 10.2 Å². The highest BCUT2D eigenvalue weighted by Gasteiger charge is 2.25. The van der Waals surface area contributed by atoms with E-state index in [2.05, 4.69) is 10.2 Å². The number of hydrogen-bond donors (Lipinski definition) is 1. The topological polar surface area (TPSA) is 52.7 Å². The Morgan fingerprint density at radius 1 is 0.900 bits per heavy atom. The third kappa shape index (κ3) is 2.68. The van der Waals surface area contributed by atoms with Crippen molar-refractivity contribution in [1.29, 1.82) is 0 Å². The van der Waals surface area contributed by atoms with Gasteiger partial charge in [0.1, 0.15) is 0 Å². The zero-order valence-electron chi connectivity index (χ0n) is 11.6. The van der Waals surface area contributed by atoms with Gasteiger partial charge in [0.15, 0.2) is 0 Å². The van der Waals surface area contributed by atoms with Gasteiger partial charge in [-0.25, -0.2) is 8.42 Å². The Balaban J connectivity index is 1.79. The van der Waals surface area contributed by atoms with Crippen LogP contribution in [0, 0.1) is 0 Å². The van der Waals surface area contributed by atoms with Crippen LogP contribution in [0.4, 0.5) is 5.69 Å². The zero-order chi connectivity index (χ0) is 14.0. The number of hydrogen-bond acceptors (Lipinski definition) is 4. The van der Waals surface area contributed by atoms with Crippen molar-refractivity contribution in [2.24, 2.45) is 0 Å². The zero-order valence-corrected chi connectivity index (χ0v) is 12.4. The molecule has 2 aliphatic heterocycles. The van der Waals surface area contributed by atoms with Gasteiger partial charge in [0.05, 0.1) is 4.90 Å². The molecule has 1 N–H and O–H groups in total. The molecule has 0 spiro atoms. The lowest BCUT2D eigenvalue weighted by atomic mass is 10.3. The fraction of sp³-hybridized carbons (Fsp3) is 0.571. The molecular formula is C14H21N3O2S. The van der Waals surface area contributed by atoms with E-state index in [1.54, 1.807) is 16.4 Å². The van der Waals surface area contributed by atoms with Crippen molar-refractivity contribution < 1.29 is 8.42 Å². The molecule has 1 aromatic carbocycles. The normalized spacial score (nSPS) is 21.3. The molecule has 20 heavy (non-hydrogen) atoms. The van der Waals surface area contributed by atoms with Crippen molar-refractivity contribution >= 4 is 15.7 Å². The minimum atomic E-state index is -3.33. The van der Waals surface area contributed by atoms with Gasteiger partial charge in [0, 0.05) is 45.0 Å². The van der Waals surface area contributed by atoms with Crippen LogP contribution in [0.5, 0.6) is 0 Å². The monoisotopic (exact) mass is 295 g/mol. The van der Waals surface area contributed by atoms with E-state index in [0.717, 1.165) is 31.9 Å². The number of sulfonamides is 1. The van der Waals surface area contributed by atoms with Crippen LogP contribution in [0.25, 0.3) is 0 Å². The van der Waals surface area contributed by atoms with E-state index in [1.807, 2.05) is 12.1 Å². The Morgan fingerprint density at radius 2 is 1.50 bits per heavy atom. The maximum absolute atomic E-state index is 12.5. The number of piperazine rings is 1. The summed E-state index contributed by atoms with van der Waals surface area (Å²) in [4.78, 5) is 2.71. The van der Waals surface area contributed by atoms with Gasteiger partial charge >= 0.3 is 0 Å². The molecule has 0 atom stereocenters. The number of benzene rings is 1. The first kappa shape index (κ1) is 13.9. The van der Waals surface area contributed by atoms with Gasteiger partial charge in [-0.1, -0.05) is 0 Å². The Bertz CT molecular complexity index is 544. The van der Waals surface area contributed by atoms with E-state index in [4.69, 9.17) is 0 Å². The Kier molecular flexibility index (Phi) is 3.96. The van der Waals surface area contributed by atoms with Crippen LogP contribution < -0.4 is 10.2 Å². The molecule has 1 aromatic rings. The fourth-order valence-corrected chi connectivity index (χ4v) is 4.28. The molecule has 2 saturated heterocycles. The van der Waals surface area contributed by atoms with Crippen molar-refractivity contribution in [3.8, 4) is 0 Å². The standard InChI is InChI=1S/C14H21N3O2S/c18-20(19,17-11-7-15-8-12-17)14-5-3-13(4-6-14)16-9-1-2-10-16/h3-6,15H,1-2,7-12H2. The Labute approximate surface area is 120 Å². The second-order valence-electron chi connectivity index (χ2n) is 5.34. The number of anilines is 1. The molecule has 2 aliphatic rings. The van der Waals surface area contributed by atoms with Crippen LogP contribution >= 0.6 is 0 Å². The maximum atomic E-state index is 12.5. The molecule has 0 aromatic heterocycles. The highest BCUT2D eigenvalue weighted by molar-refractivity contribution is 7.89. The lowest BCUT2D eigenvalue weighted by molar-refractivity contribution is 0.360. The van der Waals surface area contributed by atoms with E-state index >= 15 is 0 Å². The summed E-state index contributed by atoms with van der Waals surface area (Å²) in [7, 11) is -3.33. The van der Waals surface area contributed by atoms with E-state index < -0.39 is 10.0 Å². The molecule has 0 unspecified atom stereocenters. The van der Waals surface area contributed by atoms with Gasteiger partial charge in [-0.3, -0.25) is 0 Å². The summed E-state index contributed by atoms with van der Waals surface area (Å²) in [6.07, 6.45) is 2.45. The summed E-state index contributed by atoms with van der Waals surface area (Å²) in [5.41, 5.74) is 1.13. The van der Waals surface area contributed by atoms with Gasteiger partial charge in [0.2, 0.25) is 10.0 Å². The SMILES string of the molecule is O=S(=O)(c1ccc(N2CCCC2)cc1)N1CCNCC1. The third-order valence-corrected chi connectivity index (χ3v) is 5.93. The van der Waals surface area contributed by atoms with Gasteiger partial charge in [-0.05, 0) is 37.1 Å². The van der Waals surface area contributed by atoms with Crippen LogP contribution in [0.15, 0.2) is 29.2 Å². The number of rotatable bonds is 3. The quantitative estimate of drug-likeness (QED) is 0.899. The van der Waals surface area contributed by atoms with Crippen LogP contribution in [-0.4, -0.2) is 52.0 Å². The minimum Gasteiger partial charge on any atom is -0.372 e. The second-order valence-corrected chi connectivity index (χ2v) is 7.28. The molecule has 0 saturated carbocycles. The summed E-state index contributed by atoms with van der Waals surface area (Å²) < 4.78 is 26.6. The molecule has 3 rings (SSSR count). The van der Waals surface area contributed by atoms with Crippen molar-refractivity contribution in [3.05, 3.63) is 24.3 Å². The minimum absolute atomic E-state index is 0.405. The van der Waals surface area contributed by atoms with E-state index in [9.17, 15) is 8.42 Å². The lowest BCUT2D eigenvalue weighted by Crippen LogP contribution is -2.46.